The molecular formula is C9H9N3O3. The number of hydrogen-bond donors (Lipinski definition) is 0. The maximum absolute atomic E-state index is 10.7. The van der Waals surface area contributed by atoms with E-state index in [0.29, 0.717) is 17.9 Å². The number of fused-ring (bicyclic) bond motifs is 1. The van der Waals surface area contributed by atoms with Gasteiger partial charge in [-0.15, -0.1) is 0 Å². The third-order valence-electron chi connectivity index (χ3n) is 2.07. The van der Waals surface area contributed by atoms with E-state index in [2.05, 4.69) is 4.98 Å². The van der Waals surface area contributed by atoms with Crippen molar-refractivity contribution >= 4 is 11.5 Å². The van der Waals surface area contributed by atoms with Gasteiger partial charge >= 0.3 is 5.82 Å². The van der Waals surface area contributed by atoms with Gasteiger partial charge in [0, 0.05) is 13.2 Å². The van der Waals surface area contributed by atoms with Crippen molar-refractivity contribution in [2.75, 3.05) is 7.11 Å². The smallest absolute Gasteiger partial charge is 0.348 e. The van der Waals surface area contributed by atoms with E-state index >= 15 is 0 Å². The van der Waals surface area contributed by atoms with Gasteiger partial charge < -0.3 is 14.9 Å². The zero-order chi connectivity index (χ0) is 10.8. The van der Waals surface area contributed by atoms with Crippen molar-refractivity contribution in [3.63, 3.8) is 0 Å². The molecule has 0 radical (unpaired) electrons. The molecule has 0 aliphatic carbocycles. The molecule has 0 spiro atoms. The molecular weight excluding hydrogens is 198 g/mol. The Kier molecular flexibility index (Phi) is 2.34. The molecule has 2 aromatic heterocycles. The molecule has 0 aromatic carbocycles. The van der Waals surface area contributed by atoms with Crippen LogP contribution in [0.1, 0.15) is 5.69 Å². The van der Waals surface area contributed by atoms with Gasteiger partial charge in [0.1, 0.15) is 18.5 Å². The van der Waals surface area contributed by atoms with Gasteiger partial charge in [0.05, 0.1) is 0 Å². The average Bonchev–Trinajstić information content (AvgIpc) is 2.62. The fraction of sp³-hybridized carbons (Fsp3) is 0.222. The second kappa shape index (κ2) is 3.66. The Morgan fingerprint density at radius 2 is 2.40 bits per heavy atom. The molecule has 0 unspecified atom stereocenters. The quantitative estimate of drug-likeness (QED) is 0.563. The molecule has 78 valence electrons. The van der Waals surface area contributed by atoms with Gasteiger partial charge in [-0.25, -0.2) is 4.98 Å². The first-order valence-corrected chi connectivity index (χ1v) is 4.32. The van der Waals surface area contributed by atoms with Gasteiger partial charge in [-0.05, 0) is 11.0 Å². The van der Waals surface area contributed by atoms with E-state index in [9.17, 15) is 10.1 Å². The summed E-state index contributed by atoms with van der Waals surface area (Å²) in [6.45, 7) is 0.314. The van der Waals surface area contributed by atoms with Crippen molar-refractivity contribution < 1.29 is 9.66 Å². The zero-order valence-corrected chi connectivity index (χ0v) is 8.08. The fourth-order valence-corrected chi connectivity index (χ4v) is 1.48. The van der Waals surface area contributed by atoms with Crippen LogP contribution in [0.2, 0.25) is 0 Å². The van der Waals surface area contributed by atoms with E-state index in [1.54, 1.807) is 25.3 Å². The van der Waals surface area contributed by atoms with E-state index in [0.717, 1.165) is 0 Å². The maximum atomic E-state index is 10.7. The third-order valence-corrected chi connectivity index (χ3v) is 2.07. The van der Waals surface area contributed by atoms with Gasteiger partial charge in [0.25, 0.3) is 0 Å². The summed E-state index contributed by atoms with van der Waals surface area (Å²) in [5.74, 6) is -0.0438. The molecule has 15 heavy (non-hydrogen) atoms. The van der Waals surface area contributed by atoms with Gasteiger partial charge in [0.15, 0.2) is 0 Å². The lowest BCUT2D eigenvalue weighted by molar-refractivity contribution is -0.390. The van der Waals surface area contributed by atoms with Gasteiger partial charge in [-0.3, -0.25) is 0 Å². The Morgan fingerprint density at radius 1 is 1.60 bits per heavy atom. The summed E-state index contributed by atoms with van der Waals surface area (Å²) < 4.78 is 6.44. The zero-order valence-electron chi connectivity index (χ0n) is 8.08. The minimum absolute atomic E-state index is 0.0438. The summed E-state index contributed by atoms with van der Waals surface area (Å²) in [6, 6.07) is 5.28. The second-order valence-corrected chi connectivity index (χ2v) is 3.02. The number of aromatic nitrogens is 2. The molecule has 0 N–H and O–H groups in total. The van der Waals surface area contributed by atoms with Crippen LogP contribution in [0.25, 0.3) is 5.65 Å². The normalized spacial score (nSPS) is 10.7. The fourth-order valence-electron chi connectivity index (χ4n) is 1.48. The number of nitro groups is 1. The van der Waals surface area contributed by atoms with Crippen LogP contribution < -0.4 is 0 Å². The minimum atomic E-state index is -0.459. The molecule has 0 aliphatic heterocycles. The Balaban J connectivity index is 2.69. The Labute approximate surface area is 85.3 Å². The molecule has 6 heteroatoms. The monoisotopic (exact) mass is 207 g/mol. The third kappa shape index (κ3) is 1.55. The number of ether oxygens (including phenoxy) is 1. The minimum Gasteiger partial charge on any atom is -0.376 e. The van der Waals surface area contributed by atoms with Crippen molar-refractivity contribution in [3.8, 4) is 0 Å². The highest BCUT2D eigenvalue weighted by molar-refractivity contribution is 5.46. The lowest BCUT2D eigenvalue weighted by Gasteiger charge is -2.00. The number of imidazole rings is 1. The first kappa shape index (κ1) is 9.60. The van der Waals surface area contributed by atoms with E-state index in [1.807, 2.05) is 0 Å². The largest absolute Gasteiger partial charge is 0.376 e. The highest BCUT2D eigenvalue weighted by Crippen LogP contribution is 2.17. The van der Waals surface area contributed by atoms with E-state index in [4.69, 9.17) is 4.74 Å². The number of rotatable bonds is 3. The van der Waals surface area contributed by atoms with Crippen LogP contribution in [0.15, 0.2) is 24.4 Å². The predicted molar refractivity (Wildman–Crippen MR) is 52.6 cm³/mol. The molecule has 0 saturated heterocycles. The van der Waals surface area contributed by atoms with Crippen LogP contribution in [-0.2, 0) is 11.3 Å². The van der Waals surface area contributed by atoms with E-state index in [-0.39, 0.29) is 5.82 Å². The number of pyridine rings is 1. The summed E-state index contributed by atoms with van der Waals surface area (Å²) in [7, 11) is 1.54. The SMILES string of the molecule is COCc1cccc2ncc([N+](=O)[O-])n12. The summed E-state index contributed by atoms with van der Waals surface area (Å²) in [6.07, 6.45) is 1.24. The van der Waals surface area contributed by atoms with Crippen molar-refractivity contribution in [2.24, 2.45) is 0 Å². The van der Waals surface area contributed by atoms with Crippen LogP contribution in [0, 0.1) is 10.1 Å². The van der Waals surface area contributed by atoms with Gasteiger partial charge in [-0.2, -0.15) is 4.40 Å². The summed E-state index contributed by atoms with van der Waals surface area (Å²) >= 11 is 0. The Bertz CT molecular complexity index is 506. The van der Waals surface area contributed by atoms with E-state index < -0.39 is 4.92 Å². The van der Waals surface area contributed by atoms with Crippen molar-refractivity contribution in [1.82, 2.24) is 9.38 Å². The predicted octanol–water partition coefficient (Wildman–Crippen LogP) is 1.39. The Hall–Kier alpha value is -1.95. The van der Waals surface area contributed by atoms with E-state index in [1.165, 1.54) is 10.6 Å². The number of methoxy groups -OCH3 is 1. The van der Waals surface area contributed by atoms with Crippen LogP contribution in [0.5, 0.6) is 0 Å². The topological polar surface area (TPSA) is 69.7 Å². The summed E-state index contributed by atoms with van der Waals surface area (Å²) in [4.78, 5) is 14.2. The van der Waals surface area contributed by atoms with Crippen LogP contribution in [0.3, 0.4) is 0 Å². The molecule has 0 fully saturated rings. The molecule has 0 bridgehead atoms. The average molecular weight is 207 g/mol. The molecule has 0 aliphatic rings. The van der Waals surface area contributed by atoms with Crippen molar-refractivity contribution in [3.05, 3.63) is 40.2 Å². The second-order valence-electron chi connectivity index (χ2n) is 3.02. The van der Waals surface area contributed by atoms with Gasteiger partial charge in [-0.1, -0.05) is 6.07 Å². The summed E-state index contributed by atoms with van der Waals surface area (Å²) in [5.41, 5.74) is 1.26. The summed E-state index contributed by atoms with van der Waals surface area (Å²) in [5, 5.41) is 10.7. The highest BCUT2D eigenvalue weighted by atomic mass is 16.6. The van der Waals surface area contributed by atoms with Crippen molar-refractivity contribution in [2.45, 2.75) is 6.61 Å². The standard InChI is InChI=1S/C9H9N3O3/c1-15-6-7-3-2-4-8-10-5-9(11(7)8)12(13)14/h2-5H,6H2,1H3. The van der Waals surface area contributed by atoms with Crippen molar-refractivity contribution in [1.29, 1.82) is 0 Å². The highest BCUT2D eigenvalue weighted by Gasteiger charge is 2.16. The van der Waals surface area contributed by atoms with Crippen LogP contribution in [0.4, 0.5) is 5.82 Å². The van der Waals surface area contributed by atoms with Gasteiger partial charge in [0.2, 0.25) is 5.65 Å². The molecule has 2 rings (SSSR count). The molecule has 2 aromatic rings. The molecule has 0 atom stereocenters. The number of hydrogen-bond acceptors (Lipinski definition) is 4. The first-order valence-electron chi connectivity index (χ1n) is 4.32. The Morgan fingerprint density at radius 3 is 3.07 bits per heavy atom. The first-order chi connectivity index (χ1) is 7.24. The van der Waals surface area contributed by atoms with Crippen LogP contribution in [-0.4, -0.2) is 21.4 Å². The maximum Gasteiger partial charge on any atom is 0.348 e. The molecule has 6 nitrogen and oxygen atoms in total. The number of nitrogens with zero attached hydrogens (tertiary/aromatic N) is 3. The molecule has 2 heterocycles. The molecule has 0 saturated carbocycles. The van der Waals surface area contributed by atoms with Crippen LogP contribution >= 0.6 is 0 Å². The molecule has 0 amide bonds. The lowest BCUT2D eigenvalue weighted by Crippen LogP contribution is -2.01. The lowest BCUT2D eigenvalue weighted by atomic mass is 10.3.